The SMILES string of the molecule is CCCCC/C=C\C/C=C\CCCCCCCCCCCCOCC(COC1OC(CO)C(O)C(O)C1O)OC(=O)CCCCCCCCCCCCCCCCCCCCCCCCC. The maximum absolute atomic E-state index is 12.9. The molecule has 1 heterocycles. The summed E-state index contributed by atoms with van der Waals surface area (Å²) in [4.78, 5) is 12.9. The van der Waals surface area contributed by atoms with Gasteiger partial charge in [-0.2, -0.15) is 0 Å². The second-order valence-corrected chi connectivity index (χ2v) is 19.7. The molecular formula is C57H108O9. The Bertz CT molecular complexity index is 1070. The molecule has 1 aliphatic rings. The number of aliphatic hydroxyl groups is 4. The molecule has 0 aromatic heterocycles. The number of carbonyl (C=O) groups is 1. The Morgan fingerprint density at radius 2 is 0.879 bits per heavy atom. The first-order valence-corrected chi connectivity index (χ1v) is 28.4. The predicted octanol–water partition coefficient (Wildman–Crippen LogP) is 14.5. The van der Waals surface area contributed by atoms with Gasteiger partial charge in [0.15, 0.2) is 6.29 Å². The topological polar surface area (TPSA) is 135 Å². The van der Waals surface area contributed by atoms with Gasteiger partial charge in [0.2, 0.25) is 0 Å². The van der Waals surface area contributed by atoms with Crippen molar-refractivity contribution in [1.82, 2.24) is 0 Å². The summed E-state index contributed by atoms with van der Waals surface area (Å²) in [5.41, 5.74) is 0. The van der Waals surface area contributed by atoms with Crippen LogP contribution in [-0.4, -0.2) is 89.6 Å². The third kappa shape index (κ3) is 38.5. The highest BCUT2D eigenvalue weighted by atomic mass is 16.7. The fourth-order valence-electron chi connectivity index (χ4n) is 8.94. The Hall–Kier alpha value is -1.33. The molecule has 1 rings (SSSR count). The number of rotatable bonds is 50. The Labute approximate surface area is 407 Å². The standard InChI is InChI=1S/C57H108O9/c1-3-5-7-9-11-13-15-17-19-21-23-25-26-27-28-30-32-34-36-38-40-42-44-46-53(59)65-51(50-64-57-56(62)55(61)54(60)52(48-58)66-57)49-63-47-45-43-41-39-37-35-33-31-29-24-22-20-18-16-14-12-10-8-6-4-2/h12,14,18,20,51-52,54-58,60-62H,3-11,13,15-17,19,21-50H2,1-2H3/b14-12-,20-18-. The molecule has 0 amide bonds. The minimum absolute atomic E-state index is 0.110. The first-order valence-electron chi connectivity index (χ1n) is 28.4. The molecule has 0 saturated carbocycles. The quantitative estimate of drug-likeness (QED) is 0.0267. The van der Waals surface area contributed by atoms with Crippen LogP contribution in [0.15, 0.2) is 24.3 Å². The molecule has 0 radical (unpaired) electrons. The summed E-state index contributed by atoms with van der Waals surface area (Å²) < 4.78 is 23.0. The highest BCUT2D eigenvalue weighted by Gasteiger charge is 2.44. The van der Waals surface area contributed by atoms with Crippen LogP contribution >= 0.6 is 0 Å². The highest BCUT2D eigenvalue weighted by molar-refractivity contribution is 5.69. The van der Waals surface area contributed by atoms with Crippen LogP contribution in [0, 0.1) is 0 Å². The number of unbranched alkanes of at least 4 members (excludes halogenated alkanes) is 35. The Morgan fingerprint density at radius 1 is 0.485 bits per heavy atom. The lowest BCUT2D eigenvalue weighted by Crippen LogP contribution is -2.59. The van der Waals surface area contributed by atoms with E-state index in [-0.39, 0.29) is 19.2 Å². The van der Waals surface area contributed by atoms with Crippen LogP contribution in [0.5, 0.6) is 0 Å². The van der Waals surface area contributed by atoms with Crippen molar-refractivity contribution >= 4 is 5.97 Å². The number of allylic oxidation sites excluding steroid dienone is 4. The predicted molar refractivity (Wildman–Crippen MR) is 275 cm³/mol. The molecule has 9 heteroatoms. The second-order valence-electron chi connectivity index (χ2n) is 19.7. The van der Waals surface area contributed by atoms with Gasteiger partial charge in [-0.1, -0.05) is 244 Å². The molecule has 0 aliphatic carbocycles. The largest absolute Gasteiger partial charge is 0.457 e. The zero-order valence-corrected chi connectivity index (χ0v) is 43.2. The van der Waals surface area contributed by atoms with E-state index in [1.807, 2.05) is 0 Å². The molecule has 0 spiro atoms. The van der Waals surface area contributed by atoms with Crippen molar-refractivity contribution < 1.29 is 44.2 Å². The highest BCUT2D eigenvalue weighted by Crippen LogP contribution is 2.23. The Balaban J connectivity index is 2.15. The zero-order chi connectivity index (χ0) is 47.8. The normalized spacial score (nSPS) is 19.4. The number of hydrogen-bond donors (Lipinski definition) is 4. The van der Waals surface area contributed by atoms with Crippen LogP contribution in [0.25, 0.3) is 0 Å². The van der Waals surface area contributed by atoms with Crippen molar-refractivity contribution in [2.75, 3.05) is 26.4 Å². The maximum Gasteiger partial charge on any atom is 0.306 e. The zero-order valence-electron chi connectivity index (χ0n) is 43.2. The summed E-state index contributed by atoms with van der Waals surface area (Å²) in [7, 11) is 0. The van der Waals surface area contributed by atoms with Gasteiger partial charge in [-0.05, 0) is 44.9 Å². The molecule has 1 fully saturated rings. The third-order valence-corrected chi connectivity index (χ3v) is 13.4. The van der Waals surface area contributed by atoms with Crippen LogP contribution in [0.1, 0.15) is 271 Å². The van der Waals surface area contributed by atoms with Crippen LogP contribution in [0.4, 0.5) is 0 Å². The van der Waals surface area contributed by atoms with Crippen molar-refractivity contribution in [3.8, 4) is 0 Å². The Morgan fingerprint density at radius 3 is 1.33 bits per heavy atom. The number of esters is 1. The van der Waals surface area contributed by atoms with Gasteiger partial charge in [0.05, 0.1) is 19.8 Å². The van der Waals surface area contributed by atoms with E-state index in [9.17, 15) is 25.2 Å². The van der Waals surface area contributed by atoms with E-state index in [1.54, 1.807) is 0 Å². The van der Waals surface area contributed by atoms with Crippen molar-refractivity contribution in [3.05, 3.63) is 24.3 Å². The minimum atomic E-state index is -1.54. The fraction of sp³-hybridized carbons (Fsp3) is 0.912. The summed E-state index contributed by atoms with van der Waals surface area (Å²) >= 11 is 0. The van der Waals surface area contributed by atoms with Crippen LogP contribution in [-0.2, 0) is 23.7 Å². The molecule has 4 N–H and O–H groups in total. The minimum Gasteiger partial charge on any atom is -0.457 e. The van der Waals surface area contributed by atoms with Crippen molar-refractivity contribution in [2.45, 2.75) is 307 Å². The third-order valence-electron chi connectivity index (χ3n) is 13.4. The van der Waals surface area contributed by atoms with E-state index in [0.717, 1.165) is 38.5 Å². The van der Waals surface area contributed by atoms with Crippen molar-refractivity contribution in [1.29, 1.82) is 0 Å². The lowest BCUT2D eigenvalue weighted by atomic mass is 9.99. The summed E-state index contributed by atoms with van der Waals surface area (Å²) in [5, 5.41) is 40.3. The van der Waals surface area contributed by atoms with Gasteiger partial charge in [-0.25, -0.2) is 0 Å². The van der Waals surface area contributed by atoms with Gasteiger partial charge >= 0.3 is 5.97 Å². The number of aliphatic hydroxyl groups excluding tert-OH is 4. The van der Waals surface area contributed by atoms with Crippen LogP contribution in [0.2, 0.25) is 0 Å². The van der Waals surface area contributed by atoms with E-state index < -0.39 is 43.4 Å². The van der Waals surface area contributed by atoms with Crippen LogP contribution < -0.4 is 0 Å². The molecule has 0 bridgehead atoms. The first-order chi connectivity index (χ1) is 32.4. The molecule has 1 aliphatic heterocycles. The molecule has 66 heavy (non-hydrogen) atoms. The summed E-state index contributed by atoms with van der Waals surface area (Å²) in [5.74, 6) is -0.308. The van der Waals surface area contributed by atoms with Gasteiger partial charge in [0.25, 0.3) is 0 Å². The molecule has 0 aromatic carbocycles. The summed E-state index contributed by atoms with van der Waals surface area (Å²) in [6, 6.07) is 0. The first kappa shape index (κ1) is 62.7. The summed E-state index contributed by atoms with van der Waals surface area (Å²) in [6.07, 6.45) is 52.2. The van der Waals surface area contributed by atoms with Crippen molar-refractivity contribution in [3.63, 3.8) is 0 Å². The average molecular weight is 937 g/mol. The lowest BCUT2D eigenvalue weighted by Gasteiger charge is -2.39. The molecule has 1 saturated heterocycles. The van der Waals surface area contributed by atoms with E-state index in [4.69, 9.17) is 18.9 Å². The van der Waals surface area contributed by atoms with Gasteiger partial charge < -0.3 is 39.4 Å². The van der Waals surface area contributed by atoms with E-state index in [2.05, 4.69) is 38.2 Å². The van der Waals surface area contributed by atoms with Crippen LogP contribution in [0.3, 0.4) is 0 Å². The van der Waals surface area contributed by atoms with Gasteiger partial charge in [-0.3, -0.25) is 4.79 Å². The lowest BCUT2D eigenvalue weighted by molar-refractivity contribution is -0.305. The molecular weight excluding hydrogens is 829 g/mol. The smallest absolute Gasteiger partial charge is 0.306 e. The number of carbonyl (C=O) groups excluding carboxylic acids is 1. The van der Waals surface area contributed by atoms with E-state index >= 15 is 0 Å². The molecule has 6 atom stereocenters. The van der Waals surface area contributed by atoms with Gasteiger partial charge in [0.1, 0.15) is 30.5 Å². The Kier molecular flexibility index (Phi) is 46.2. The van der Waals surface area contributed by atoms with E-state index in [0.29, 0.717) is 13.0 Å². The van der Waals surface area contributed by atoms with Gasteiger partial charge in [-0.15, -0.1) is 0 Å². The maximum atomic E-state index is 12.9. The average Bonchev–Trinajstić information content (AvgIpc) is 3.32. The number of hydrogen-bond acceptors (Lipinski definition) is 9. The van der Waals surface area contributed by atoms with Gasteiger partial charge in [0, 0.05) is 13.0 Å². The number of ether oxygens (including phenoxy) is 4. The second kappa shape index (κ2) is 48.7. The van der Waals surface area contributed by atoms with E-state index in [1.165, 1.54) is 212 Å². The molecule has 6 unspecified atom stereocenters. The fourth-order valence-corrected chi connectivity index (χ4v) is 8.94. The summed E-state index contributed by atoms with van der Waals surface area (Å²) in [6.45, 7) is 4.59. The molecule has 9 nitrogen and oxygen atoms in total. The molecule has 390 valence electrons. The monoisotopic (exact) mass is 937 g/mol. The van der Waals surface area contributed by atoms with Crippen molar-refractivity contribution in [2.24, 2.45) is 0 Å². The molecule has 0 aromatic rings.